The molecule has 1 aromatic rings. The van der Waals surface area contributed by atoms with Crippen LogP contribution in [0.1, 0.15) is 12.6 Å². The molecular formula is C6H11N5. The molecule has 11 heavy (non-hydrogen) atoms. The molecule has 1 heterocycles. The second kappa shape index (κ2) is 2.61. The third kappa shape index (κ3) is 1.31. The van der Waals surface area contributed by atoms with Crippen LogP contribution in [0.25, 0.3) is 0 Å². The first-order valence-electron chi connectivity index (χ1n) is 3.34. The zero-order chi connectivity index (χ0) is 8.43. The first kappa shape index (κ1) is 7.59. The smallest absolute Gasteiger partial charge is 0.215 e. The Hall–Kier alpha value is -1.52. The van der Waals surface area contributed by atoms with Gasteiger partial charge < -0.3 is 11.5 Å². The quantitative estimate of drug-likeness (QED) is 0.384. The number of rotatable bonds is 1. The van der Waals surface area contributed by atoms with Gasteiger partial charge in [-0.25, -0.2) is 0 Å². The molecule has 0 radical (unpaired) electrons. The van der Waals surface area contributed by atoms with E-state index in [2.05, 4.69) is 5.10 Å². The maximum absolute atomic E-state index is 7.06. The minimum absolute atomic E-state index is 0.151. The van der Waals surface area contributed by atoms with Crippen molar-refractivity contribution in [2.24, 2.45) is 5.73 Å². The molecule has 0 amide bonds. The van der Waals surface area contributed by atoms with E-state index in [1.54, 1.807) is 6.07 Å². The highest BCUT2D eigenvalue weighted by Gasteiger charge is 2.03. The van der Waals surface area contributed by atoms with Crippen LogP contribution in [0.5, 0.6) is 0 Å². The van der Waals surface area contributed by atoms with Crippen molar-refractivity contribution in [3.05, 3.63) is 11.8 Å². The fourth-order valence-electron chi connectivity index (χ4n) is 0.813. The average molecular weight is 153 g/mol. The molecule has 0 saturated carbocycles. The second-order valence-corrected chi connectivity index (χ2v) is 2.21. The van der Waals surface area contributed by atoms with Gasteiger partial charge in [0, 0.05) is 6.07 Å². The van der Waals surface area contributed by atoms with Gasteiger partial charge in [0.25, 0.3) is 0 Å². The molecule has 0 bridgehead atoms. The molecule has 60 valence electrons. The van der Waals surface area contributed by atoms with Crippen molar-refractivity contribution in [3.63, 3.8) is 0 Å². The predicted molar refractivity (Wildman–Crippen MR) is 43.3 cm³/mol. The number of aromatic nitrogens is 2. The molecular weight excluding hydrogens is 142 g/mol. The van der Waals surface area contributed by atoms with Gasteiger partial charge >= 0.3 is 0 Å². The lowest BCUT2D eigenvalue weighted by Gasteiger charge is -1.97. The molecule has 5 N–H and O–H groups in total. The van der Waals surface area contributed by atoms with Crippen molar-refractivity contribution in [1.82, 2.24) is 9.78 Å². The molecule has 0 fully saturated rings. The number of nitrogens with zero attached hydrogens (tertiary/aromatic N) is 2. The number of hydrogen-bond donors (Lipinski definition) is 3. The molecule has 0 spiro atoms. The number of hydrogen-bond acceptors (Lipinski definition) is 3. The zero-order valence-corrected chi connectivity index (χ0v) is 6.33. The molecule has 5 heteroatoms. The van der Waals surface area contributed by atoms with E-state index >= 15 is 0 Å². The Morgan fingerprint density at radius 1 is 1.82 bits per heavy atom. The van der Waals surface area contributed by atoms with Gasteiger partial charge in [-0.1, -0.05) is 6.92 Å². The lowest BCUT2D eigenvalue weighted by atomic mass is 10.3. The molecule has 0 aromatic carbocycles. The van der Waals surface area contributed by atoms with E-state index in [4.69, 9.17) is 16.9 Å². The van der Waals surface area contributed by atoms with Gasteiger partial charge in [0.15, 0.2) is 0 Å². The van der Waals surface area contributed by atoms with Crippen LogP contribution in [0, 0.1) is 5.41 Å². The Labute approximate surface area is 64.5 Å². The molecule has 0 saturated heterocycles. The fraction of sp³-hybridized carbons (Fsp3) is 0.333. The molecule has 0 aliphatic carbocycles. The Bertz CT molecular complexity index is 275. The van der Waals surface area contributed by atoms with Gasteiger partial charge in [-0.2, -0.15) is 9.78 Å². The molecule has 0 aliphatic rings. The Kier molecular flexibility index (Phi) is 1.80. The minimum Gasteiger partial charge on any atom is -0.383 e. The van der Waals surface area contributed by atoms with E-state index in [9.17, 15) is 0 Å². The zero-order valence-electron chi connectivity index (χ0n) is 6.33. The van der Waals surface area contributed by atoms with E-state index in [0.717, 1.165) is 12.1 Å². The van der Waals surface area contributed by atoms with Gasteiger partial charge in [-0.15, -0.1) is 0 Å². The van der Waals surface area contributed by atoms with Crippen LogP contribution in [0.15, 0.2) is 6.07 Å². The molecule has 1 aromatic heterocycles. The maximum Gasteiger partial charge on any atom is 0.215 e. The third-order valence-corrected chi connectivity index (χ3v) is 1.38. The standard InChI is InChI=1S/C6H11N5/c1-2-4-3-5(7)11(10-4)6(8)9/h3H,2,7H2,1H3,(H3,8,9). The lowest BCUT2D eigenvalue weighted by Crippen LogP contribution is -2.23. The fourth-order valence-corrected chi connectivity index (χ4v) is 0.813. The summed E-state index contributed by atoms with van der Waals surface area (Å²) in [7, 11) is 0. The van der Waals surface area contributed by atoms with Crippen LogP contribution in [0.3, 0.4) is 0 Å². The topological polar surface area (TPSA) is 93.7 Å². The van der Waals surface area contributed by atoms with Crippen LogP contribution in [-0.4, -0.2) is 15.7 Å². The number of aryl methyl sites for hydroxylation is 1. The van der Waals surface area contributed by atoms with Crippen molar-refractivity contribution in [3.8, 4) is 0 Å². The van der Waals surface area contributed by atoms with Crippen molar-refractivity contribution >= 4 is 11.8 Å². The number of nitrogens with two attached hydrogens (primary N) is 2. The van der Waals surface area contributed by atoms with Crippen LogP contribution in [0.4, 0.5) is 5.82 Å². The van der Waals surface area contributed by atoms with Crippen LogP contribution in [0.2, 0.25) is 0 Å². The van der Waals surface area contributed by atoms with E-state index < -0.39 is 0 Å². The van der Waals surface area contributed by atoms with E-state index in [1.165, 1.54) is 4.68 Å². The third-order valence-electron chi connectivity index (χ3n) is 1.38. The highest BCUT2D eigenvalue weighted by Crippen LogP contribution is 2.04. The van der Waals surface area contributed by atoms with Crippen molar-refractivity contribution in [1.29, 1.82) is 5.41 Å². The van der Waals surface area contributed by atoms with Crippen LogP contribution < -0.4 is 11.5 Å². The largest absolute Gasteiger partial charge is 0.383 e. The van der Waals surface area contributed by atoms with Crippen molar-refractivity contribution in [2.45, 2.75) is 13.3 Å². The minimum atomic E-state index is -0.151. The Morgan fingerprint density at radius 3 is 2.73 bits per heavy atom. The summed E-state index contributed by atoms with van der Waals surface area (Å²) in [5.41, 5.74) is 11.5. The van der Waals surface area contributed by atoms with Crippen molar-refractivity contribution in [2.75, 3.05) is 5.73 Å². The summed E-state index contributed by atoms with van der Waals surface area (Å²) in [6.07, 6.45) is 0.796. The maximum atomic E-state index is 7.06. The highest BCUT2D eigenvalue weighted by molar-refractivity contribution is 5.79. The van der Waals surface area contributed by atoms with E-state index in [1.807, 2.05) is 6.92 Å². The Morgan fingerprint density at radius 2 is 2.45 bits per heavy atom. The summed E-state index contributed by atoms with van der Waals surface area (Å²) in [4.78, 5) is 0. The highest BCUT2D eigenvalue weighted by atomic mass is 15.4. The number of anilines is 1. The SMILES string of the molecule is CCc1cc(N)n(C(=N)N)n1. The summed E-state index contributed by atoms with van der Waals surface area (Å²) in [6, 6.07) is 1.71. The summed E-state index contributed by atoms with van der Waals surface area (Å²) in [5, 5.41) is 11.0. The summed E-state index contributed by atoms with van der Waals surface area (Å²) >= 11 is 0. The number of nitrogens with one attached hydrogen (secondary N) is 1. The lowest BCUT2D eigenvalue weighted by molar-refractivity contribution is 0.873. The Balaban J connectivity index is 3.07. The molecule has 5 nitrogen and oxygen atoms in total. The molecule has 0 atom stereocenters. The first-order chi connectivity index (χ1) is 5.15. The summed E-state index contributed by atoms with van der Waals surface area (Å²) in [6.45, 7) is 1.96. The summed E-state index contributed by atoms with van der Waals surface area (Å²) in [5.74, 6) is 0.261. The monoisotopic (exact) mass is 153 g/mol. The molecule has 0 unspecified atom stereocenters. The van der Waals surface area contributed by atoms with Crippen LogP contribution in [-0.2, 0) is 6.42 Å². The van der Waals surface area contributed by atoms with Gasteiger partial charge in [-0.05, 0) is 6.42 Å². The normalized spacial score (nSPS) is 9.91. The van der Waals surface area contributed by atoms with Crippen molar-refractivity contribution < 1.29 is 0 Å². The first-order valence-corrected chi connectivity index (χ1v) is 3.34. The predicted octanol–water partition coefficient (Wildman–Crippen LogP) is -0.231. The van der Waals surface area contributed by atoms with Gasteiger partial charge in [0.1, 0.15) is 5.82 Å². The average Bonchev–Trinajstić information content (AvgIpc) is 2.30. The van der Waals surface area contributed by atoms with Gasteiger partial charge in [-0.3, -0.25) is 5.41 Å². The van der Waals surface area contributed by atoms with Crippen LogP contribution >= 0.6 is 0 Å². The number of nitrogen functional groups attached to an aromatic ring is 2. The second-order valence-electron chi connectivity index (χ2n) is 2.21. The van der Waals surface area contributed by atoms with E-state index in [0.29, 0.717) is 5.82 Å². The molecule has 1 rings (SSSR count). The molecule has 0 aliphatic heterocycles. The van der Waals surface area contributed by atoms with E-state index in [-0.39, 0.29) is 5.96 Å². The van der Waals surface area contributed by atoms with Gasteiger partial charge in [0.05, 0.1) is 5.69 Å². The van der Waals surface area contributed by atoms with Gasteiger partial charge in [0.2, 0.25) is 5.96 Å². The summed E-state index contributed by atoms with van der Waals surface area (Å²) < 4.78 is 1.21.